The number of amides is 1. The fourth-order valence-electron chi connectivity index (χ4n) is 3.90. The maximum absolute atomic E-state index is 12.6. The van der Waals surface area contributed by atoms with Crippen molar-refractivity contribution in [1.82, 2.24) is 15.1 Å². The molecule has 2 saturated carbocycles. The predicted molar refractivity (Wildman–Crippen MR) is 80.3 cm³/mol. The van der Waals surface area contributed by atoms with E-state index in [1.54, 1.807) is 0 Å². The van der Waals surface area contributed by atoms with Crippen molar-refractivity contribution in [2.24, 2.45) is 5.92 Å². The molecule has 1 spiro atoms. The van der Waals surface area contributed by atoms with Crippen LogP contribution in [-0.2, 0) is 4.79 Å². The molecular weight excluding hydrogens is 250 g/mol. The van der Waals surface area contributed by atoms with E-state index in [4.69, 9.17) is 0 Å². The van der Waals surface area contributed by atoms with Crippen LogP contribution in [0.5, 0.6) is 0 Å². The minimum Gasteiger partial charge on any atom is -0.325 e. The summed E-state index contributed by atoms with van der Waals surface area (Å²) in [5.74, 6) is 1.10. The Hall–Kier alpha value is -0.610. The van der Waals surface area contributed by atoms with Crippen molar-refractivity contribution in [3.05, 3.63) is 0 Å². The highest BCUT2D eigenvalue weighted by atomic mass is 16.2. The first-order valence-electron chi connectivity index (χ1n) is 8.36. The van der Waals surface area contributed by atoms with Crippen LogP contribution in [0.15, 0.2) is 0 Å². The van der Waals surface area contributed by atoms with Crippen LogP contribution in [0.3, 0.4) is 0 Å². The van der Waals surface area contributed by atoms with Gasteiger partial charge in [0, 0.05) is 6.54 Å². The number of unbranched alkanes of at least 4 members (excludes halogenated alkanes) is 1. The van der Waals surface area contributed by atoms with Gasteiger partial charge in [0.05, 0.1) is 11.7 Å². The van der Waals surface area contributed by atoms with Crippen LogP contribution < -0.4 is 5.32 Å². The lowest BCUT2D eigenvalue weighted by Gasteiger charge is -2.29. The molecule has 1 heterocycles. The second-order valence-electron chi connectivity index (χ2n) is 7.22. The molecule has 1 aliphatic heterocycles. The molecule has 1 atom stereocenters. The van der Waals surface area contributed by atoms with Gasteiger partial charge >= 0.3 is 0 Å². The molecule has 0 aromatic rings. The van der Waals surface area contributed by atoms with Crippen LogP contribution in [-0.4, -0.2) is 54.6 Å². The molecular formula is C16H29N3O. The van der Waals surface area contributed by atoms with E-state index in [9.17, 15) is 4.79 Å². The lowest BCUT2D eigenvalue weighted by Crippen LogP contribution is -2.43. The van der Waals surface area contributed by atoms with Gasteiger partial charge in [0.15, 0.2) is 0 Å². The zero-order chi connectivity index (χ0) is 14.2. The van der Waals surface area contributed by atoms with E-state index >= 15 is 0 Å². The second-order valence-corrected chi connectivity index (χ2v) is 7.22. The van der Waals surface area contributed by atoms with Gasteiger partial charge in [-0.25, -0.2) is 0 Å². The molecule has 114 valence electrons. The molecule has 2 aliphatic carbocycles. The molecule has 3 aliphatic rings. The lowest BCUT2D eigenvalue weighted by molar-refractivity contribution is -0.131. The molecule has 4 nitrogen and oxygen atoms in total. The number of carbonyl (C=O) groups excluding carboxylic acids is 1. The van der Waals surface area contributed by atoms with Gasteiger partial charge in [-0.1, -0.05) is 12.8 Å². The maximum atomic E-state index is 12.6. The Bertz CT molecular complexity index is 359. The smallest absolute Gasteiger partial charge is 0.244 e. The van der Waals surface area contributed by atoms with E-state index < -0.39 is 0 Å². The summed E-state index contributed by atoms with van der Waals surface area (Å²) >= 11 is 0. The van der Waals surface area contributed by atoms with Crippen molar-refractivity contribution in [2.45, 2.75) is 63.1 Å². The van der Waals surface area contributed by atoms with E-state index in [0.29, 0.717) is 18.0 Å². The average Bonchev–Trinajstić information content (AvgIpc) is 2.89. The SMILES string of the molecule is CN(C)CCCCN1C(=O)C2(CC2)NC1C1CCCC1. The predicted octanol–water partition coefficient (Wildman–Crippen LogP) is 1.81. The topological polar surface area (TPSA) is 35.6 Å². The number of hydrogen-bond acceptors (Lipinski definition) is 3. The number of hydrogen-bond donors (Lipinski definition) is 1. The molecule has 3 fully saturated rings. The zero-order valence-corrected chi connectivity index (χ0v) is 13.0. The summed E-state index contributed by atoms with van der Waals surface area (Å²) < 4.78 is 0. The van der Waals surface area contributed by atoms with Crippen LogP contribution in [0.1, 0.15) is 51.4 Å². The molecule has 1 saturated heterocycles. The third-order valence-corrected chi connectivity index (χ3v) is 5.28. The maximum Gasteiger partial charge on any atom is 0.244 e. The van der Waals surface area contributed by atoms with Gasteiger partial charge in [-0.05, 0) is 65.1 Å². The summed E-state index contributed by atoms with van der Waals surface area (Å²) in [6, 6.07) is 0. The highest BCUT2D eigenvalue weighted by Crippen LogP contribution is 2.45. The number of rotatable bonds is 6. The Labute approximate surface area is 122 Å². The van der Waals surface area contributed by atoms with Crippen molar-refractivity contribution >= 4 is 5.91 Å². The third kappa shape index (κ3) is 2.73. The fourth-order valence-corrected chi connectivity index (χ4v) is 3.90. The van der Waals surface area contributed by atoms with Gasteiger partial charge in [0.2, 0.25) is 5.91 Å². The van der Waals surface area contributed by atoms with E-state index in [1.165, 1.54) is 32.1 Å². The van der Waals surface area contributed by atoms with E-state index in [2.05, 4.69) is 29.2 Å². The highest BCUT2D eigenvalue weighted by Gasteiger charge is 2.60. The molecule has 3 rings (SSSR count). The molecule has 20 heavy (non-hydrogen) atoms. The second kappa shape index (κ2) is 5.64. The molecule has 4 heteroatoms. The van der Waals surface area contributed by atoms with Crippen molar-refractivity contribution in [1.29, 1.82) is 0 Å². The number of nitrogens with zero attached hydrogens (tertiary/aromatic N) is 2. The molecule has 0 aromatic heterocycles. The van der Waals surface area contributed by atoms with Crippen LogP contribution in [0.4, 0.5) is 0 Å². The number of nitrogens with one attached hydrogen (secondary N) is 1. The minimum absolute atomic E-state index is 0.130. The quantitative estimate of drug-likeness (QED) is 0.753. The summed E-state index contributed by atoms with van der Waals surface area (Å²) in [7, 11) is 4.23. The average molecular weight is 279 g/mol. The Morgan fingerprint density at radius 1 is 1.25 bits per heavy atom. The molecule has 0 aromatic carbocycles. The molecule has 0 bridgehead atoms. The molecule has 1 amide bonds. The van der Waals surface area contributed by atoms with Gasteiger partial charge < -0.3 is 9.80 Å². The van der Waals surface area contributed by atoms with Gasteiger partial charge in [0.1, 0.15) is 0 Å². The van der Waals surface area contributed by atoms with Gasteiger partial charge in [-0.2, -0.15) is 0 Å². The molecule has 0 radical (unpaired) electrons. The third-order valence-electron chi connectivity index (χ3n) is 5.28. The first kappa shape index (κ1) is 14.3. The van der Waals surface area contributed by atoms with Crippen LogP contribution >= 0.6 is 0 Å². The zero-order valence-electron chi connectivity index (χ0n) is 13.0. The van der Waals surface area contributed by atoms with Gasteiger partial charge in [-0.3, -0.25) is 10.1 Å². The summed E-state index contributed by atoms with van der Waals surface area (Å²) in [5, 5.41) is 3.70. The molecule has 1 N–H and O–H groups in total. The first-order chi connectivity index (χ1) is 9.62. The summed E-state index contributed by atoms with van der Waals surface area (Å²) in [4.78, 5) is 17.1. The number of carbonyl (C=O) groups is 1. The highest BCUT2D eigenvalue weighted by molar-refractivity contribution is 5.91. The Morgan fingerprint density at radius 2 is 1.95 bits per heavy atom. The Kier molecular flexibility index (Phi) is 4.04. The molecule has 1 unspecified atom stereocenters. The van der Waals surface area contributed by atoms with E-state index in [1.807, 2.05) is 0 Å². The van der Waals surface area contributed by atoms with Crippen LogP contribution in [0.25, 0.3) is 0 Å². The van der Waals surface area contributed by atoms with Crippen LogP contribution in [0.2, 0.25) is 0 Å². The standard InChI is InChI=1S/C16H29N3O/c1-18(2)11-5-6-12-19-14(13-7-3-4-8-13)17-16(9-10-16)15(19)20/h13-14,17H,3-12H2,1-2H3. The van der Waals surface area contributed by atoms with Crippen molar-refractivity contribution < 1.29 is 4.79 Å². The minimum atomic E-state index is -0.130. The Morgan fingerprint density at radius 3 is 2.55 bits per heavy atom. The van der Waals surface area contributed by atoms with Crippen molar-refractivity contribution in [2.75, 3.05) is 27.2 Å². The summed E-state index contributed by atoms with van der Waals surface area (Å²) in [6.07, 6.45) is 10.1. The normalized spacial score (nSPS) is 29.1. The van der Waals surface area contributed by atoms with Crippen LogP contribution in [0, 0.1) is 5.92 Å². The summed E-state index contributed by atoms with van der Waals surface area (Å²) in [5.41, 5.74) is -0.130. The first-order valence-corrected chi connectivity index (χ1v) is 8.36. The fraction of sp³-hybridized carbons (Fsp3) is 0.938. The van der Waals surface area contributed by atoms with Gasteiger partial charge in [0.25, 0.3) is 0 Å². The van der Waals surface area contributed by atoms with Crippen molar-refractivity contribution in [3.63, 3.8) is 0 Å². The van der Waals surface area contributed by atoms with Crippen molar-refractivity contribution in [3.8, 4) is 0 Å². The Balaban J connectivity index is 1.58. The largest absolute Gasteiger partial charge is 0.325 e. The van der Waals surface area contributed by atoms with E-state index in [0.717, 1.165) is 32.4 Å². The monoisotopic (exact) mass is 279 g/mol. The van der Waals surface area contributed by atoms with E-state index in [-0.39, 0.29) is 5.54 Å². The van der Waals surface area contributed by atoms with Gasteiger partial charge in [-0.15, -0.1) is 0 Å². The lowest BCUT2D eigenvalue weighted by atomic mass is 10.0. The summed E-state index contributed by atoms with van der Waals surface area (Å²) in [6.45, 7) is 2.07.